The first-order valence-corrected chi connectivity index (χ1v) is 5.55. The Kier molecular flexibility index (Phi) is 5.40. The molecule has 0 saturated carbocycles. The molecule has 3 nitrogen and oxygen atoms in total. The van der Waals surface area contributed by atoms with Crippen molar-refractivity contribution in [1.82, 2.24) is 0 Å². The minimum absolute atomic E-state index is 0.416. The van der Waals surface area contributed by atoms with Gasteiger partial charge in [0.15, 0.2) is 17.8 Å². The Morgan fingerprint density at radius 2 is 1.81 bits per heavy atom. The van der Waals surface area contributed by atoms with Crippen molar-refractivity contribution in [3.8, 4) is 11.5 Å². The van der Waals surface area contributed by atoms with Crippen LogP contribution >= 0.6 is 0 Å². The van der Waals surface area contributed by atoms with E-state index in [1.807, 2.05) is 38.3 Å². The monoisotopic (exact) mass is 221 g/mol. The third kappa shape index (κ3) is 3.57. The highest BCUT2D eigenvalue weighted by Gasteiger charge is 2.05. The molecule has 0 saturated heterocycles. The molecule has 87 valence electrons. The molecule has 0 fully saturated rings. The fourth-order valence-electron chi connectivity index (χ4n) is 1.45. The molecule has 1 aromatic rings. The smallest absolute Gasteiger partial charge is 0.198 e. The number of aryl methyl sites for hydroxylation is 1. The minimum Gasteiger partial charge on any atom is -0.490 e. The Hall–Kier alpha value is -1.51. The second kappa shape index (κ2) is 6.88. The summed E-state index contributed by atoms with van der Waals surface area (Å²) in [7, 11) is 0. The van der Waals surface area contributed by atoms with Crippen LogP contribution < -0.4 is 9.47 Å². The number of hydrogen-bond donors (Lipinski definition) is 0. The van der Waals surface area contributed by atoms with Crippen molar-refractivity contribution in [2.24, 2.45) is 0 Å². The van der Waals surface area contributed by atoms with Gasteiger partial charge in [0.1, 0.15) is 0 Å². The van der Waals surface area contributed by atoms with Crippen LogP contribution in [0.3, 0.4) is 0 Å². The van der Waals surface area contributed by atoms with Gasteiger partial charge < -0.3 is 9.47 Å². The lowest BCUT2D eigenvalue weighted by Gasteiger charge is -2.11. The van der Waals surface area contributed by atoms with Gasteiger partial charge in [-0.05, 0) is 38.0 Å². The van der Waals surface area contributed by atoms with Gasteiger partial charge in [-0.2, -0.15) is 0 Å². The van der Waals surface area contributed by atoms with Gasteiger partial charge in [0.05, 0.1) is 13.2 Å². The molecule has 0 amide bonds. The summed E-state index contributed by atoms with van der Waals surface area (Å²) in [5, 5.41) is 0. The van der Waals surface area contributed by atoms with Gasteiger partial charge in [-0.1, -0.05) is 6.07 Å². The third-order valence-electron chi connectivity index (χ3n) is 2.12. The van der Waals surface area contributed by atoms with Gasteiger partial charge >= 0.3 is 0 Å². The lowest BCUT2D eigenvalue weighted by atomic mass is 10.1. The second-order valence-corrected chi connectivity index (χ2v) is 3.29. The largest absolute Gasteiger partial charge is 0.490 e. The lowest BCUT2D eigenvalue weighted by molar-refractivity contribution is 0.287. The molecule has 16 heavy (non-hydrogen) atoms. The Morgan fingerprint density at radius 1 is 1.12 bits per heavy atom. The van der Waals surface area contributed by atoms with E-state index in [4.69, 9.17) is 9.47 Å². The van der Waals surface area contributed by atoms with Crippen molar-refractivity contribution < 1.29 is 14.3 Å². The van der Waals surface area contributed by atoms with Crippen molar-refractivity contribution in [3.63, 3.8) is 0 Å². The van der Waals surface area contributed by atoms with Crippen molar-refractivity contribution in [2.45, 2.75) is 26.7 Å². The van der Waals surface area contributed by atoms with Crippen LogP contribution in [-0.4, -0.2) is 19.5 Å². The topological polar surface area (TPSA) is 35.5 Å². The van der Waals surface area contributed by atoms with Crippen LogP contribution in [0.5, 0.6) is 11.5 Å². The minimum atomic E-state index is 0.416. The zero-order valence-corrected chi connectivity index (χ0v) is 9.79. The van der Waals surface area contributed by atoms with E-state index >= 15 is 0 Å². The average molecular weight is 221 g/mol. The molecule has 0 bridgehead atoms. The number of hydrogen-bond acceptors (Lipinski definition) is 3. The van der Waals surface area contributed by atoms with Gasteiger partial charge in [-0.15, -0.1) is 0 Å². The molecule has 3 heteroatoms. The quantitative estimate of drug-likeness (QED) is 0.709. The maximum atomic E-state index is 10.2. The van der Waals surface area contributed by atoms with Crippen LogP contribution in [0.1, 0.15) is 25.8 Å². The molecule has 0 aliphatic rings. The first-order chi connectivity index (χ1) is 7.81. The standard InChI is InChI=1S/C13H17O3/c1-3-15-12-8-7-11(6-5-9-14)10-13(12)16-4-2/h7-8,10H,3-6H2,1-2H3. The number of ether oxygens (including phenoxy) is 2. The zero-order valence-electron chi connectivity index (χ0n) is 9.79. The van der Waals surface area contributed by atoms with Crippen molar-refractivity contribution in [1.29, 1.82) is 0 Å². The highest BCUT2D eigenvalue weighted by atomic mass is 16.5. The van der Waals surface area contributed by atoms with Gasteiger partial charge in [0, 0.05) is 6.42 Å². The highest BCUT2D eigenvalue weighted by Crippen LogP contribution is 2.28. The summed E-state index contributed by atoms with van der Waals surface area (Å²) >= 11 is 0. The van der Waals surface area contributed by atoms with Crippen LogP contribution in [0, 0.1) is 0 Å². The Balaban J connectivity index is 2.83. The molecule has 0 N–H and O–H groups in total. The lowest BCUT2D eigenvalue weighted by Crippen LogP contribution is -1.99. The van der Waals surface area contributed by atoms with E-state index in [2.05, 4.69) is 0 Å². The van der Waals surface area contributed by atoms with Crippen molar-refractivity contribution >= 4 is 6.29 Å². The number of benzene rings is 1. The first kappa shape index (κ1) is 12.6. The first-order valence-electron chi connectivity index (χ1n) is 5.55. The van der Waals surface area contributed by atoms with Crippen molar-refractivity contribution in [2.75, 3.05) is 13.2 Å². The fourth-order valence-corrected chi connectivity index (χ4v) is 1.45. The van der Waals surface area contributed by atoms with Gasteiger partial charge in [0.2, 0.25) is 0 Å². The van der Waals surface area contributed by atoms with E-state index in [0.29, 0.717) is 26.1 Å². The van der Waals surface area contributed by atoms with Crippen molar-refractivity contribution in [3.05, 3.63) is 23.8 Å². The normalized spacial score (nSPS) is 9.88. The molecule has 0 unspecified atom stereocenters. The van der Waals surface area contributed by atoms with E-state index in [1.54, 1.807) is 0 Å². The summed E-state index contributed by atoms with van der Waals surface area (Å²) in [5.41, 5.74) is 1.07. The molecule has 1 aromatic carbocycles. The van der Waals surface area contributed by atoms with Crippen LogP contribution in [-0.2, 0) is 11.2 Å². The summed E-state index contributed by atoms with van der Waals surface area (Å²) in [4.78, 5) is 10.2. The average Bonchev–Trinajstić information content (AvgIpc) is 2.30. The summed E-state index contributed by atoms with van der Waals surface area (Å²) < 4.78 is 10.9. The predicted molar refractivity (Wildman–Crippen MR) is 62.8 cm³/mol. The van der Waals surface area contributed by atoms with E-state index < -0.39 is 0 Å². The number of rotatable bonds is 7. The Morgan fingerprint density at radius 3 is 2.44 bits per heavy atom. The zero-order chi connectivity index (χ0) is 11.8. The van der Waals surface area contributed by atoms with E-state index in [0.717, 1.165) is 17.1 Å². The van der Waals surface area contributed by atoms with E-state index in [1.165, 1.54) is 0 Å². The van der Waals surface area contributed by atoms with Crippen LogP contribution in [0.15, 0.2) is 18.2 Å². The fraction of sp³-hybridized carbons (Fsp3) is 0.462. The van der Waals surface area contributed by atoms with E-state index in [9.17, 15) is 4.79 Å². The summed E-state index contributed by atoms with van der Waals surface area (Å²) in [6, 6.07) is 5.76. The summed E-state index contributed by atoms with van der Waals surface area (Å²) in [6.07, 6.45) is 2.99. The summed E-state index contributed by atoms with van der Waals surface area (Å²) in [6.45, 7) is 5.08. The predicted octanol–water partition coefficient (Wildman–Crippen LogP) is 2.53. The number of carbonyl (C=O) groups excluding carboxylic acids is 1. The molecule has 0 aliphatic heterocycles. The molecule has 1 radical (unpaired) electrons. The Bertz CT molecular complexity index is 334. The molecule has 0 heterocycles. The highest BCUT2D eigenvalue weighted by molar-refractivity contribution is 5.52. The molecular weight excluding hydrogens is 204 g/mol. The van der Waals surface area contributed by atoms with Crippen LogP contribution in [0.2, 0.25) is 0 Å². The second-order valence-electron chi connectivity index (χ2n) is 3.29. The van der Waals surface area contributed by atoms with Gasteiger partial charge in [-0.25, -0.2) is 0 Å². The Labute approximate surface area is 96.4 Å². The van der Waals surface area contributed by atoms with Crippen LogP contribution in [0.4, 0.5) is 0 Å². The van der Waals surface area contributed by atoms with Gasteiger partial charge in [0.25, 0.3) is 0 Å². The van der Waals surface area contributed by atoms with Gasteiger partial charge in [-0.3, -0.25) is 4.79 Å². The van der Waals surface area contributed by atoms with Crippen LogP contribution in [0.25, 0.3) is 0 Å². The molecule has 0 spiro atoms. The maximum Gasteiger partial charge on any atom is 0.198 e. The molecular formula is C13H17O3. The molecule has 0 aromatic heterocycles. The maximum absolute atomic E-state index is 10.2. The molecule has 0 aliphatic carbocycles. The molecule has 1 rings (SSSR count). The van der Waals surface area contributed by atoms with E-state index in [-0.39, 0.29) is 0 Å². The third-order valence-corrected chi connectivity index (χ3v) is 2.12. The molecule has 0 atom stereocenters. The SMILES string of the molecule is CCOc1ccc(CC[C]=O)cc1OCC. The summed E-state index contributed by atoms with van der Waals surface area (Å²) in [5.74, 6) is 1.50.